The normalized spacial score (nSPS) is 12.6. The van der Waals surface area contributed by atoms with E-state index in [1.165, 1.54) is 0 Å². The van der Waals surface area contributed by atoms with E-state index in [0.29, 0.717) is 6.54 Å². The fraction of sp³-hybridized carbons (Fsp3) is 0.455. The molecular formula is C11H18N2O. The molecule has 0 saturated carbocycles. The molecule has 3 heteroatoms. The van der Waals surface area contributed by atoms with Crippen molar-refractivity contribution in [1.82, 2.24) is 0 Å². The molecule has 78 valence electrons. The maximum atomic E-state index is 5.89. The molecule has 3 nitrogen and oxygen atoms in total. The minimum absolute atomic E-state index is 0.0837. The Labute approximate surface area is 85.0 Å². The van der Waals surface area contributed by atoms with Crippen molar-refractivity contribution in [2.45, 2.75) is 19.9 Å². The second-order valence-electron chi connectivity index (χ2n) is 3.52. The Hall–Kier alpha value is -1.06. The molecule has 0 fully saturated rings. The molecule has 0 spiro atoms. The summed E-state index contributed by atoms with van der Waals surface area (Å²) in [5, 5.41) is 0. The van der Waals surface area contributed by atoms with E-state index in [1.807, 2.05) is 26.0 Å². The molecule has 0 saturated heterocycles. The molecule has 1 rings (SSSR count). The van der Waals surface area contributed by atoms with Crippen molar-refractivity contribution in [1.29, 1.82) is 0 Å². The van der Waals surface area contributed by atoms with Crippen molar-refractivity contribution in [2.75, 3.05) is 13.7 Å². The summed E-state index contributed by atoms with van der Waals surface area (Å²) in [6, 6.07) is 3.96. The van der Waals surface area contributed by atoms with Gasteiger partial charge < -0.3 is 16.2 Å². The molecule has 0 aliphatic carbocycles. The summed E-state index contributed by atoms with van der Waals surface area (Å²) in [6.45, 7) is 4.49. The van der Waals surface area contributed by atoms with Gasteiger partial charge in [0.2, 0.25) is 0 Å². The first-order chi connectivity index (χ1) is 6.60. The van der Waals surface area contributed by atoms with Crippen molar-refractivity contribution in [2.24, 2.45) is 11.5 Å². The summed E-state index contributed by atoms with van der Waals surface area (Å²) in [4.78, 5) is 0. The van der Waals surface area contributed by atoms with E-state index >= 15 is 0 Å². The van der Waals surface area contributed by atoms with Crippen LogP contribution in [0.4, 0.5) is 0 Å². The first kappa shape index (κ1) is 11.0. The zero-order valence-electron chi connectivity index (χ0n) is 9.00. The fourth-order valence-electron chi connectivity index (χ4n) is 1.56. The maximum Gasteiger partial charge on any atom is 0.122 e. The average Bonchev–Trinajstić information content (AvgIpc) is 2.19. The third kappa shape index (κ3) is 2.05. The minimum Gasteiger partial charge on any atom is -0.496 e. The molecule has 1 atom stereocenters. The zero-order chi connectivity index (χ0) is 10.7. The molecule has 0 aliphatic heterocycles. The van der Waals surface area contributed by atoms with Crippen LogP contribution in [0.1, 0.15) is 22.7 Å². The molecule has 1 aromatic carbocycles. The van der Waals surface area contributed by atoms with Crippen LogP contribution in [-0.2, 0) is 0 Å². The lowest BCUT2D eigenvalue weighted by Gasteiger charge is -2.15. The van der Waals surface area contributed by atoms with E-state index in [-0.39, 0.29) is 6.04 Å². The van der Waals surface area contributed by atoms with Gasteiger partial charge in [-0.1, -0.05) is 6.07 Å². The SMILES string of the molecule is COc1cc(C)c([C@@H](N)CN)cc1C. The van der Waals surface area contributed by atoms with E-state index in [0.717, 1.165) is 22.4 Å². The number of methoxy groups -OCH3 is 1. The molecule has 4 N–H and O–H groups in total. The van der Waals surface area contributed by atoms with Crippen molar-refractivity contribution in [3.8, 4) is 5.75 Å². The molecular weight excluding hydrogens is 176 g/mol. The van der Waals surface area contributed by atoms with Gasteiger partial charge in [-0.05, 0) is 36.6 Å². The van der Waals surface area contributed by atoms with E-state index in [4.69, 9.17) is 16.2 Å². The maximum absolute atomic E-state index is 5.89. The second kappa shape index (κ2) is 4.44. The molecule has 0 amide bonds. The number of hydrogen-bond donors (Lipinski definition) is 2. The highest BCUT2D eigenvalue weighted by atomic mass is 16.5. The minimum atomic E-state index is -0.0837. The van der Waals surface area contributed by atoms with Crippen LogP contribution < -0.4 is 16.2 Å². The molecule has 0 heterocycles. The topological polar surface area (TPSA) is 61.3 Å². The molecule has 0 unspecified atom stereocenters. The van der Waals surface area contributed by atoms with Crippen molar-refractivity contribution >= 4 is 0 Å². The van der Waals surface area contributed by atoms with Gasteiger partial charge in [0.25, 0.3) is 0 Å². The Bertz CT molecular complexity index is 323. The van der Waals surface area contributed by atoms with E-state index in [2.05, 4.69) is 0 Å². The largest absolute Gasteiger partial charge is 0.496 e. The Morgan fingerprint density at radius 3 is 2.43 bits per heavy atom. The Kier molecular flexibility index (Phi) is 3.49. The fourth-order valence-corrected chi connectivity index (χ4v) is 1.56. The van der Waals surface area contributed by atoms with Crippen LogP contribution in [0.15, 0.2) is 12.1 Å². The van der Waals surface area contributed by atoms with Gasteiger partial charge in [0.15, 0.2) is 0 Å². The second-order valence-corrected chi connectivity index (χ2v) is 3.52. The summed E-state index contributed by atoms with van der Waals surface area (Å²) in [5.41, 5.74) is 14.8. The molecule has 0 bridgehead atoms. The number of benzene rings is 1. The zero-order valence-corrected chi connectivity index (χ0v) is 9.00. The predicted molar refractivity (Wildman–Crippen MR) is 58.5 cm³/mol. The monoisotopic (exact) mass is 194 g/mol. The number of ether oxygens (including phenoxy) is 1. The standard InChI is InChI=1S/C11H18N2O/c1-7-5-11(14-3)8(2)4-9(7)10(13)6-12/h4-5,10H,6,12-13H2,1-3H3/t10-/m0/s1. The van der Waals surface area contributed by atoms with Crippen LogP contribution in [0.25, 0.3) is 0 Å². The molecule has 0 aliphatic rings. The highest BCUT2D eigenvalue weighted by Crippen LogP contribution is 2.25. The van der Waals surface area contributed by atoms with Crippen LogP contribution in [-0.4, -0.2) is 13.7 Å². The highest BCUT2D eigenvalue weighted by Gasteiger charge is 2.09. The van der Waals surface area contributed by atoms with Gasteiger partial charge in [0, 0.05) is 12.6 Å². The van der Waals surface area contributed by atoms with E-state index in [1.54, 1.807) is 7.11 Å². The lowest BCUT2D eigenvalue weighted by Crippen LogP contribution is -2.21. The summed E-state index contributed by atoms with van der Waals surface area (Å²) in [7, 11) is 1.67. The average molecular weight is 194 g/mol. The Morgan fingerprint density at radius 1 is 1.29 bits per heavy atom. The Morgan fingerprint density at radius 2 is 1.93 bits per heavy atom. The van der Waals surface area contributed by atoms with Gasteiger partial charge in [0.05, 0.1) is 7.11 Å². The summed E-state index contributed by atoms with van der Waals surface area (Å²) in [6.07, 6.45) is 0. The van der Waals surface area contributed by atoms with Gasteiger partial charge >= 0.3 is 0 Å². The van der Waals surface area contributed by atoms with Gasteiger partial charge in [-0.15, -0.1) is 0 Å². The summed E-state index contributed by atoms with van der Waals surface area (Å²) >= 11 is 0. The number of hydrogen-bond acceptors (Lipinski definition) is 3. The van der Waals surface area contributed by atoms with Crippen molar-refractivity contribution in [3.63, 3.8) is 0 Å². The summed E-state index contributed by atoms with van der Waals surface area (Å²) in [5.74, 6) is 0.899. The lowest BCUT2D eigenvalue weighted by atomic mass is 9.99. The molecule has 0 aromatic heterocycles. The lowest BCUT2D eigenvalue weighted by molar-refractivity contribution is 0.411. The quantitative estimate of drug-likeness (QED) is 0.761. The van der Waals surface area contributed by atoms with E-state index in [9.17, 15) is 0 Å². The number of rotatable bonds is 3. The summed E-state index contributed by atoms with van der Waals surface area (Å²) < 4.78 is 5.22. The van der Waals surface area contributed by atoms with Crippen LogP contribution >= 0.6 is 0 Å². The molecule has 1 aromatic rings. The van der Waals surface area contributed by atoms with Crippen LogP contribution in [0.3, 0.4) is 0 Å². The van der Waals surface area contributed by atoms with Gasteiger partial charge in [-0.2, -0.15) is 0 Å². The van der Waals surface area contributed by atoms with E-state index < -0.39 is 0 Å². The van der Waals surface area contributed by atoms with Crippen LogP contribution in [0.2, 0.25) is 0 Å². The van der Waals surface area contributed by atoms with Gasteiger partial charge in [-0.25, -0.2) is 0 Å². The van der Waals surface area contributed by atoms with Crippen LogP contribution in [0.5, 0.6) is 5.75 Å². The van der Waals surface area contributed by atoms with Gasteiger partial charge in [0.1, 0.15) is 5.75 Å². The first-order valence-electron chi connectivity index (χ1n) is 4.71. The third-order valence-electron chi connectivity index (χ3n) is 2.44. The molecule has 14 heavy (non-hydrogen) atoms. The van der Waals surface area contributed by atoms with Crippen LogP contribution in [0, 0.1) is 13.8 Å². The number of aryl methyl sites for hydroxylation is 2. The highest BCUT2D eigenvalue weighted by molar-refractivity contribution is 5.42. The van der Waals surface area contributed by atoms with Crippen molar-refractivity contribution < 1.29 is 4.74 Å². The van der Waals surface area contributed by atoms with Crippen molar-refractivity contribution in [3.05, 3.63) is 28.8 Å². The Balaban J connectivity index is 3.14. The molecule has 0 radical (unpaired) electrons. The first-order valence-corrected chi connectivity index (χ1v) is 4.71. The smallest absolute Gasteiger partial charge is 0.122 e. The number of nitrogens with two attached hydrogens (primary N) is 2. The van der Waals surface area contributed by atoms with Gasteiger partial charge in [-0.3, -0.25) is 0 Å². The predicted octanol–water partition coefficient (Wildman–Crippen LogP) is 1.27. The third-order valence-corrected chi connectivity index (χ3v) is 2.44.